The van der Waals surface area contributed by atoms with Crippen LogP contribution in [-0.2, 0) is 10.0 Å². The highest BCUT2D eigenvalue weighted by molar-refractivity contribution is 7.89. The molecule has 0 bridgehead atoms. The molecule has 1 aliphatic carbocycles. The Labute approximate surface area is 120 Å². The average molecular weight is 302 g/mol. The van der Waals surface area contributed by atoms with Gasteiger partial charge in [-0.1, -0.05) is 30.5 Å². The summed E-state index contributed by atoms with van der Waals surface area (Å²) in [5.41, 5.74) is 0.992. The van der Waals surface area contributed by atoms with Gasteiger partial charge in [0.1, 0.15) is 0 Å². The van der Waals surface area contributed by atoms with Crippen LogP contribution in [0.2, 0.25) is 0 Å². The highest BCUT2D eigenvalue weighted by Gasteiger charge is 2.34. The van der Waals surface area contributed by atoms with E-state index >= 15 is 0 Å². The maximum absolute atomic E-state index is 12.2. The largest absolute Gasteiger partial charge is 0.240 e. The molecule has 0 radical (unpaired) electrons. The third-order valence-corrected chi connectivity index (χ3v) is 5.90. The number of benzene rings is 1. The molecule has 0 aromatic heterocycles. The molecule has 3 nitrogen and oxygen atoms in total. The minimum Gasteiger partial charge on any atom is -0.211 e. The predicted octanol–water partition coefficient (Wildman–Crippen LogP) is 3.07. The maximum Gasteiger partial charge on any atom is 0.240 e. The summed E-state index contributed by atoms with van der Waals surface area (Å²) in [7, 11) is -3.42. The first kappa shape index (κ1) is 14.8. The molecule has 5 heteroatoms. The Morgan fingerprint density at radius 2 is 1.79 bits per heavy atom. The molecule has 1 aromatic rings. The molecule has 0 heterocycles. The van der Waals surface area contributed by atoms with Crippen LogP contribution in [0.4, 0.5) is 0 Å². The predicted molar refractivity (Wildman–Crippen MR) is 78.0 cm³/mol. The fraction of sp³-hybridized carbons (Fsp3) is 0.571. The van der Waals surface area contributed by atoms with Gasteiger partial charge in [0.2, 0.25) is 10.0 Å². The Kier molecular flexibility index (Phi) is 4.54. The van der Waals surface area contributed by atoms with Gasteiger partial charge in [0.05, 0.1) is 4.90 Å². The summed E-state index contributed by atoms with van der Waals surface area (Å²) in [4.78, 5) is 0.320. The van der Waals surface area contributed by atoms with Crippen LogP contribution in [0.3, 0.4) is 0 Å². The normalized spacial score (nSPS) is 18.6. The minimum absolute atomic E-state index is 0.0562. The van der Waals surface area contributed by atoms with Crippen molar-refractivity contribution in [3.63, 3.8) is 0 Å². The quantitative estimate of drug-likeness (QED) is 0.850. The van der Waals surface area contributed by atoms with Crippen LogP contribution in [0.25, 0.3) is 0 Å². The summed E-state index contributed by atoms with van der Waals surface area (Å²) in [5.74, 6) is 0.517. The lowest BCUT2D eigenvalue weighted by molar-refractivity contribution is 0.342. The number of rotatable bonds is 5. The number of hydrogen-bond acceptors (Lipinski definition) is 2. The fourth-order valence-electron chi connectivity index (χ4n) is 2.53. The maximum atomic E-state index is 12.2. The smallest absolute Gasteiger partial charge is 0.211 e. The van der Waals surface area contributed by atoms with Gasteiger partial charge in [-0.2, -0.15) is 0 Å². The van der Waals surface area contributed by atoms with Crippen LogP contribution in [0, 0.1) is 12.3 Å². The number of sulfonamides is 1. The summed E-state index contributed by atoms with van der Waals surface area (Å²) < 4.78 is 27.1. The van der Waals surface area contributed by atoms with Gasteiger partial charge in [-0.3, -0.25) is 0 Å². The molecule has 1 aliphatic rings. The van der Waals surface area contributed by atoms with Crippen molar-refractivity contribution in [2.45, 2.75) is 37.5 Å². The molecule has 0 saturated heterocycles. The number of aryl methyl sites for hydroxylation is 1. The zero-order valence-corrected chi connectivity index (χ0v) is 12.7. The Morgan fingerprint density at radius 1 is 1.21 bits per heavy atom. The molecule has 0 aliphatic heterocycles. The highest BCUT2D eigenvalue weighted by Crippen LogP contribution is 2.38. The Hall–Kier alpha value is -0.580. The lowest BCUT2D eigenvalue weighted by atomic mass is 9.89. The topological polar surface area (TPSA) is 46.2 Å². The van der Waals surface area contributed by atoms with Gasteiger partial charge in [-0.05, 0) is 37.3 Å². The summed E-state index contributed by atoms with van der Waals surface area (Å²) >= 11 is 6.03. The van der Waals surface area contributed by atoms with Gasteiger partial charge in [-0.25, -0.2) is 13.1 Å². The van der Waals surface area contributed by atoms with Crippen LogP contribution in [0.15, 0.2) is 29.2 Å². The summed E-state index contributed by atoms with van der Waals surface area (Å²) in [6.07, 6.45) is 4.29. The van der Waals surface area contributed by atoms with Crippen molar-refractivity contribution in [1.29, 1.82) is 0 Å². The first-order valence-electron chi connectivity index (χ1n) is 6.60. The number of nitrogens with one attached hydrogen (secondary N) is 1. The lowest BCUT2D eigenvalue weighted by Gasteiger charge is -2.26. The molecule has 0 amide bonds. The van der Waals surface area contributed by atoms with Gasteiger partial charge in [-0.15, -0.1) is 11.6 Å². The van der Waals surface area contributed by atoms with Crippen LogP contribution in [0.1, 0.15) is 31.2 Å². The van der Waals surface area contributed by atoms with E-state index in [0.717, 1.165) is 31.2 Å². The van der Waals surface area contributed by atoms with Crippen LogP contribution >= 0.6 is 11.6 Å². The fourth-order valence-corrected chi connectivity index (χ4v) is 4.05. The van der Waals surface area contributed by atoms with E-state index in [1.54, 1.807) is 24.3 Å². The summed E-state index contributed by atoms with van der Waals surface area (Å²) in [6.45, 7) is 2.37. The summed E-state index contributed by atoms with van der Waals surface area (Å²) in [6, 6.07) is 6.89. The monoisotopic (exact) mass is 301 g/mol. The second-order valence-corrected chi connectivity index (χ2v) is 7.51. The molecule has 19 heavy (non-hydrogen) atoms. The van der Waals surface area contributed by atoms with Crippen molar-refractivity contribution in [1.82, 2.24) is 4.72 Å². The first-order valence-corrected chi connectivity index (χ1v) is 8.62. The van der Waals surface area contributed by atoms with E-state index in [9.17, 15) is 8.42 Å². The van der Waals surface area contributed by atoms with Crippen LogP contribution < -0.4 is 4.72 Å². The molecule has 1 fully saturated rings. The standard InChI is InChI=1S/C14H20ClNO2S/c1-12-4-6-13(7-5-12)19(17,18)16-11-14(10-15)8-2-3-9-14/h4-7,16H,2-3,8-11H2,1H3. The summed E-state index contributed by atoms with van der Waals surface area (Å²) in [5, 5.41) is 0. The molecule has 0 atom stereocenters. The van der Waals surface area contributed by atoms with E-state index in [4.69, 9.17) is 11.6 Å². The Bertz CT molecular complexity index is 519. The van der Waals surface area contributed by atoms with Crippen molar-refractivity contribution >= 4 is 21.6 Å². The molecule has 1 aromatic carbocycles. The van der Waals surface area contributed by atoms with Crippen LogP contribution in [0.5, 0.6) is 0 Å². The third-order valence-electron chi connectivity index (χ3n) is 3.92. The SMILES string of the molecule is Cc1ccc(S(=O)(=O)NCC2(CCl)CCCC2)cc1. The second-order valence-electron chi connectivity index (χ2n) is 5.48. The third kappa shape index (κ3) is 3.50. The molecular weight excluding hydrogens is 282 g/mol. The van der Waals surface area contributed by atoms with Crippen molar-refractivity contribution in [3.8, 4) is 0 Å². The molecular formula is C14H20ClNO2S. The van der Waals surface area contributed by atoms with Gasteiger partial charge >= 0.3 is 0 Å². The molecule has 106 valence electrons. The Morgan fingerprint density at radius 3 is 2.32 bits per heavy atom. The molecule has 1 N–H and O–H groups in total. The van der Waals surface area contributed by atoms with Gasteiger partial charge < -0.3 is 0 Å². The average Bonchev–Trinajstić information content (AvgIpc) is 2.87. The van der Waals surface area contributed by atoms with E-state index < -0.39 is 10.0 Å². The molecule has 0 unspecified atom stereocenters. The van der Waals surface area contributed by atoms with E-state index in [2.05, 4.69) is 4.72 Å². The van der Waals surface area contributed by atoms with E-state index in [-0.39, 0.29) is 5.41 Å². The van der Waals surface area contributed by atoms with Gasteiger partial charge in [0.25, 0.3) is 0 Å². The van der Waals surface area contributed by atoms with Crippen molar-refractivity contribution in [2.75, 3.05) is 12.4 Å². The van der Waals surface area contributed by atoms with E-state index in [1.807, 2.05) is 6.92 Å². The van der Waals surface area contributed by atoms with Crippen molar-refractivity contribution in [3.05, 3.63) is 29.8 Å². The zero-order valence-electron chi connectivity index (χ0n) is 11.2. The molecule has 0 spiro atoms. The van der Waals surface area contributed by atoms with Crippen LogP contribution in [-0.4, -0.2) is 20.8 Å². The molecule has 1 saturated carbocycles. The zero-order chi connectivity index (χ0) is 13.9. The second kappa shape index (κ2) is 5.81. The Balaban J connectivity index is 2.07. The minimum atomic E-state index is -3.42. The highest BCUT2D eigenvalue weighted by atomic mass is 35.5. The van der Waals surface area contributed by atoms with Gasteiger partial charge in [0.15, 0.2) is 0 Å². The molecule has 2 rings (SSSR count). The van der Waals surface area contributed by atoms with E-state index in [0.29, 0.717) is 17.3 Å². The van der Waals surface area contributed by atoms with Crippen molar-refractivity contribution in [2.24, 2.45) is 5.41 Å². The van der Waals surface area contributed by atoms with Gasteiger partial charge in [0, 0.05) is 12.4 Å². The first-order chi connectivity index (χ1) is 8.97. The number of hydrogen-bond donors (Lipinski definition) is 1. The van der Waals surface area contributed by atoms with Crippen molar-refractivity contribution < 1.29 is 8.42 Å². The number of halogens is 1. The number of alkyl halides is 1. The van der Waals surface area contributed by atoms with E-state index in [1.165, 1.54) is 0 Å². The lowest BCUT2D eigenvalue weighted by Crippen LogP contribution is -2.37.